The fourth-order valence-electron chi connectivity index (χ4n) is 2.06. The van der Waals surface area contributed by atoms with Gasteiger partial charge in [0.05, 0.1) is 0 Å². The van der Waals surface area contributed by atoms with E-state index in [1.165, 1.54) is 30.4 Å². The van der Waals surface area contributed by atoms with Gasteiger partial charge in [0.1, 0.15) is 0 Å². The first-order chi connectivity index (χ1) is 9.34. The average molecular weight is 254 g/mol. The molecule has 0 aliphatic carbocycles. The molecular weight excluding hydrogens is 232 g/mol. The summed E-state index contributed by atoms with van der Waals surface area (Å²) >= 11 is 0. The summed E-state index contributed by atoms with van der Waals surface area (Å²) in [4.78, 5) is 4.29. The molecular formula is C17H22N2. The minimum absolute atomic E-state index is 0.915. The van der Waals surface area contributed by atoms with Crippen molar-refractivity contribution >= 4 is 0 Å². The lowest BCUT2D eigenvalue weighted by molar-refractivity contribution is 0.622. The summed E-state index contributed by atoms with van der Waals surface area (Å²) in [7, 11) is 0. The highest BCUT2D eigenvalue weighted by molar-refractivity contribution is 5.14. The number of pyridine rings is 1. The Bertz CT molecular complexity index is 462. The summed E-state index contributed by atoms with van der Waals surface area (Å²) in [6.45, 7) is 4.00. The lowest BCUT2D eigenvalue weighted by Crippen LogP contribution is -2.15. The summed E-state index contributed by atoms with van der Waals surface area (Å²) in [5.74, 6) is 0. The molecule has 0 unspecified atom stereocenters. The SMILES string of the molecule is Cc1ccc(CNCCCCc2ccccc2)cn1. The molecule has 0 saturated carbocycles. The number of nitrogens with zero attached hydrogens (tertiary/aromatic N) is 1. The zero-order valence-electron chi connectivity index (χ0n) is 11.6. The van der Waals surface area contributed by atoms with Crippen LogP contribution in [0.15, 0.2) is 48.7 Å². The molecule has 0 atom stereocenters. The highest BCUT2D eigenvalue weighted by Gasteiger charge is 1.94. The molecule has 1 aromatic carbocycles. The van der Waals surface area contributed by atoms with Crippen LogP contribution in [0.2, 0.25) is 0 Å². The van der Waals surface area contributed by atoms with Gasteiger partial charge < -0.3 is 5.32 Å². The van der Waals surface area contributed by atoms with E-state index < -0.39 is 0 Å². The predicted octanol–water partition coefficient (Wildman–Crippen LogP) is 3.50. The zero-order chi connectivity index (χ0) is 13.3. The highest BCUT2D eigenvalue weighted by atomic mass is 14.8. The van der Waals surface area contributed by atoms with Gasteiger partial charge in [-0.3, -0.25) is 4.98 Å². The first-order valence-electron chi connectivity index (χ1n) is 7.01. The van der Waals surface area contributed by atoms with Crippen molar-refractivity contribution < 1.29 is 0 Å². The Morgan fingerprint density at radius 1 is 0.947 bits per heavy atom. The van der Waals surface area contributed by atoms with E-state index in [-0.39, 0.29) is 0 Å². The van der Waals surface area contributed by atoms with Crippen LogP contribution < -0.4 is 5.32 Å². The maximum atomic E-state index is 4.29. The summed E-state index contributed by atoms with van der Waals surface area (Å²) in [5.41, 5.74) is 3.77. The lowest BCUT2D eigenvalue weighted by atomic mass is 10.1. The smallest absolute Gasteiger partial charge is 0.0372 e. The van der Waals surface area contributed by atoms with Crippen molar-refractivity contribution in [1.29, 1.82) is 0 Å². The predicted molar refractivity (Wildman–Crippen MR) is 80.1 cm³/mol. The van der Waals surface area contributed by atoms with Gasteiger partial charge in [-0.1, -0.05) is 36.4 Å². The Balaban J connectivity index is 1.56. The summed E-state index contributed by atoms with van der Waals surface area (Å²) in [6, 6.07) is 14.9. The molecule has 0 aliphatic heterocycles. The molecule has 0 fully saturated rings. The van der Waals surface area contributed by atoms with Crippen LogP contribution >= 0.6 is 0 Å². The number of aryl methyl sites for hydroxylation is 2. The van der Waals surface area contributed by atoms with Crippen LogP contribution in [0.3, 0.4) is 0 Å². The van der Waals surface area contributed by atoms with Gasteiger partial charge in [0.15, 0.2) is 0 Å². The van der Waals surface area contributed by atoms with Crippen molar-refractivity contribution in [3.05, 3.63) is 65.5 Å². The number of unbranched alkanes of at least 4 members (excludes halogenated alkanes) is 1. The second-order valence-corrected chi connectivity index (χ2v) is 4.93. The Kier molecular flexibility index (Phi) is 5.57. The van der Waals surface area contributed by atoms with E-state index in [2.05, 4.69) is 52.8 Å². The van der Waals surface area contributed by atoms with Crippen LogP contribution in [0, 0.1) is 6.92 Å². The average Bonchev–Trinajstić information content (AvgIpc) is 2.46. The number of benzene rings is 1. The first-order valence-corrected chi connectivity index (χ1v) is 7.01. The molecule has 0 radical (unpaired) electrons. The Labute approximate surface area is 115 Å². The van der Waals surface area contributed by atoms with Crippen LogP contribution in [-0.4, -0.2) is 11.5 Å². The van der Waals surface area contributed by atoms with Gasteiger partial charge in [-0.25, -0.2) is 0 Å². The molecule has 2 aromatic rings. The molecule has 1 aromatic heterocycles. The van der Waals surface area contributed by atoms with Crippen molar-refractivity contribution in [3.8, 4) is 0 Å². The number of hydrogen-bond donors (Lipinski definition) is 1. The van der Waals surface area contributed by atoms with Gasteiger partial charge in [0.25, 0.3) is 0 Å². The molecule has 0 aliphatic rings. The maximum Gasteiger partial charge on any atom is 0.0372 e. The van der Waals surface area contributed by atoms with Crippen molar-refractivity contribution in [2.24, 2.45) is 0 Å². The second-order valence-electron chi connectivity index (χ2n) is 4.93. The summed E-state index contributed by atoms with van der Waals surface area (Å²) < 4.78 is 0. The molecule has 0 bridgehead atoms. The van der Waals surface area contributed by atoms with E-state index in [0.717, 1.165) is 18.8 Å². The molecule has 2 heteroatoms. The monoisotopic (exact) mass is 254 g/mol. The minimum atomic E-state index is 0.915. The first kappa shape index (κ1) is 13.8. The molecule has 2 rings (SSSR count). The van der Waals surface area contributed by atoms with Crippen LogP contribution in [0.5, 0.6) is 0 Å². The van der Waals surface area contributed by atoms with Gasteiger partial charge in [-0.2, -0.15) is 0 Å². The van der Waals surface area contributed by atoms with E-state index in [9.17, 15) is 0 Å². The highest BCUT2D eigenvalue weighted by Crippen LogP contribution is 2.04. The Morgan fingerprint density at radius 3 is 2.53 bits per heavy atom. The summed E-state index contributed by atoms with van der Waals surface area (Å²) in [6.07, 6.45) is 5.58. The van der Waals surface area contributed by atoms with Gasteiger partial charge in [-0.05, 0) is 49.9 Å². The van der Waals surface area contributed by atoms with Crippen LogP contribution in [-0.2, 0) is 13.0 Å². The quantitative estimate of drug-likeness (QED) is 0.765. The minimum Gasteiger partial charge on any atom is -0.313 e. The van der Waals surface area contributed by atoms with Gasteiger partial charge in [-0.15, -0.1) is 0 Å². The van der Waals surface area contributed by atoms with Crippen LogP contribution in [0.25, 0.3) is 0 Å². The number of nitrogens with one attached hydrogen (secondary N) is 1. The fourth-order valence-corrected chi connectivity index (χ4v) is 2.06. The number of rotatable bonds is 7. The number of aromatic nitrogens is 1. The van der Waals surface area contributed by atoms with E-state index in [4.69, 9.17) is 0 Å². The molecule has 0 saturated heterocycles. The van der Waals surface area contributed by atoms with E-state index in [0.29, 0.717) is 0 Å². The van der Waals surface area contributed by atoms with Crippen LogP contribution in [0.4, 0.5) is 0 Å². The van der Waals surface area contributed by atoms with E-state index in [1.807, 2.05) is 13.1 Å². The van der Waals surface area contributed by atoms with E-state index in [1.54, 1.807) is 0 Å². The van der Waals surface area contributed by atoms with Gasteiger partial charge in [0.2, 0.25) is 0 Å². The Hall–Kier alpha value is -1.67. The molecule has 100 valence electrons. The Morgan fingerprint density at radius 2 is 1.79 bits per heavy atom. The standard InChI is InChI=1S/C17H22N2/c1-15-10-11-17(14-19-15)13-18-12-6-5-9-16-7-3-2-4-8-16/h2-4,7-8,10-11,14,18H,5-6,9,12-13H2,1H3. The fraction of sp³-hybridized carbons (Fsp3) is 0.353. The second kappa shape index (κ2) is 7.70. The third-order valence-electron chi connectivity index (χ3n) is 3.21. The summed E-state index contributed by atoms with van der Waals surface area (Å²) in [5, 5.41) is 3.47. The van der Waals surface area contributed by atoms with Gasteiger partial charge in [0, 0.05) is 18.4 Å². The van der Waals surface area contributed by atoms with Crippen molar-refractivity contribution in [2.45, 2.75) is 32.7 Å². The normalized spacial score (nSPS) is 10.6. The van der Waals surface area contributed by atoms with Gasteiger partial charge >= 0.3 is 0 Å². The van der Waals surface area contributed by atoms with Crippen LogP contribution in [0.1, 0.15) is 29.7 Å². The third kappa shape index (κ3) is 5.23. The number of hydrogen-bond acceptors (Lipinski definition) is 2. The maximum absolute atomic E-state index is 4.29. The zero-order valence-corrected chi connectivity index (χ0v) is 11.6. The lowest BCUT2D eigenvalue weighted by Gasteiger charge is -2.05. The third-order valence-corrected chi connectivity index (χ3v) is 3.21. The molecule has 0 spiro atoms. The topological polar surface area (TPSA) is 24.9 Å². The molecule has 1 N–H and O–H groups in total. The van der Waals surface area contributed by atoms with Crippen molar-refractivity contribution in [2.75, 3.05) is 6.54 Å². The molecule has 19 heavy (non-hydrogen) atoms. The van der Waals surface area contributed by atoms with E-state index >= 15 is 0 Å². The largest absolute Gasteiger partial charge is 0.313 e. The van der Waals surface area contributed by atoms with Crippen molar-refractivity contribution in [3.63, 3.8) is 0 Å². The molecule has 1 heterocycles. The molecule has 2 nitrogen and oxygen atoms in total. The molecule has 0 amide bonds. The van der Waals surface area contributed by atoms with Crippen molar-refractivity contribution in [1.82, 2.24) is 10.3 Å².